The van der Waals surface area contributed by atoms with Crippen LogP contribution in [0.1, 0.15) is 53.3 Å². The van der Waals surface area contributed by atoms with Crippen molar-refractivity contribution >= 4 is 33.8 Å². The van der Waals surface area contributed by atoms with Crippen molar-refractivity contribution in [2.75, 3.05) is 7.11 Å². The molecule has 6 N–H and O–H groups in total. The number of aromatic nitrogens is 1. The lowest BCUT2D eigenvalue weighted by molar-refractivity contribution is -0.137. The number of carbonyl (C=O) groups is 2. The van der Waals surface area contributed by atoms with Gasteiger partial charge in [-0.1, -0.05) is 72.8 Å². The SMILES string of the molecule is COc1ccc(CC(=O)O)c(OCc2cc(-c3ccc(-c4cccc(-c5cccc(CC(=O)O)c5OCc5cc(-c6cccc(CN)c6)c6occc6c5)c4)c(CN)c3F)c3ccn(C(C)C)c3c2)c1. The first-order valence-electron chi connectivity index (χ1n) is 23.0. The van der Waals surface area contributed by atoms with Crippen LogP contribution in [0.3, 0.4) is 0 Å². The number of carboxylic acid groups (broad SMARTS) is 2. The maximum absolute atomic E-state index is 17.3. The zero-order valence-corrected chi connectivity index (χ0v) is 39.0. The predicted octanol–water partition coefficient (Wildman–Crippen LogP) is 12.1. The number of nitrogens with zero attached hydrogens (tertiary/aromatic N) is 1. The molecule has 0 amide bonds. The summed E-state index contributed by atoms with van der Waals surface area (Å²) in [6.45, 7) is 4.66. The van der Waals surface area contributed by atoms with E-state index in [1.807, 2.05) is 109 Å². The maximum atomic E-state index is 17.3. The van der Waals surface area contributed by atoms with Crippen molar-refractivity contribution in [1.82, 2.24) is 4.57 Å². The molecule has 0 unspecified atom stereocenters. The van der Waals surface area contributed by atoms with E-state index in [1.54, 1.807) is 36.6 Å². The summed E-state index contributed by atoms with van der Waals surface area (Å²) in [5.41, 5.74) is 23.5. The van der Waals surface area contributed by atoms with Crippen LogP contribution in [0.2, 0.25) is 0 Å². The van der Waals surface area contributed by atoms with E-state index in [9.17, 15) is 19.8 Å². The van der Waals surface area contributed by atoms with Crippen LogP contribution in [-0.4, -0.2) is 33.8 Å². The standard InChI is InChI=1S/C58H52FN3O8/c1-34(2)62-19-17-47-50(24-37(25-52(47)62)32-69-53-29-44(67-3)14-13-41(53)27-54(63)64)48-16-15-45(51(31-61)56(48)59)39-9-5-10-40(26-39)46-12-6-11-42(28-55(65)66)57(46)70-33-36-22-43-18-20-68-58(43)49(23-36)38-8-4-7-35(21-38)30-60/h4-26,29,34H,27-28,30-33,60-61H2,1-3H3,(H,63,64)(H,65,66). The smallest absolute Gasteiger partial charge is 0.307 e. The maximum Gasteiger partial charge on any atom is 0.307 e. The average molecular weight is 938 g/mol. The lowest BCUT2D eigenvalue weighted by Gasteiger charge is -2.18. The number of benzene rings is 7. The Labute approximate surface area is 404 Å². The molecule has 0 radical (unpaired) electrons. The Morgan fingerprint density at radius 1 is 0.657 bits per heavy atom. The fourth-order valence-electron chi connectivity index (χ4n) is 9.24. The van der Waals surface area contributed by atoms with Crippen LogP contribution in [0.4, 0.5) is 4.39 Å². The van der Waals surface area contributed by atoms with Gasteiger partial charge in [-0.3, -0.25) is 9.59 Å². The van der Waals surface area contributed by atoms with E-state index in [0.29, 0.717) is 68.3 Å². The van der Waals surface area contributed by atoms with Crippen LogP contribution >= 0.6 is 0 Å². The number of carboxylic acids is 2. The number of rotatable bonds is 18. The molecule has 9 rings (SSSR count). The second-order valence-electron chi connectivity index (χ2n) is 17.5. The average Bonchev–Trinajstić information content (AvgIpc) is 4.03. The van der Waals surface area contributed by atoms with Crippen LogP contribution in [0, 0.1) is 5.82 Å². The van der Waals surface area contributed by atoms with Crippen molar-refractivity contribution in [3.05, 3.63) is 185 Å². The normalized spacial score (nSPS) is 11.4. The van der Waals surface area contributed by atoms with Gasteiger partial charge in [0.15, 0.2) is 0 Å². The molecule has 0 atom stereocenters. The molecule has 7 aromatic carbocycles. The van der Waals surface area contributed by atoms with Crippen LogP contribution in [0.15, 0.2) is 150 Å². The number of fused-ring (bicyclic) bond motifs is 2. The summed E-state index contributed by atoms with van der Waals surface area (Å²) in [6.07, 6.45) is 3.14. The van der Waals surface area contributed by atoms with Gasteiger partial charge < -0.3 is 44.9 Å². The van der Waals surface area contributed by atoms with E-state index in [0.717, 1.165) is 55.3 Å². The molecule has 12 heteroatoms. The van der Waals surface area contributed by atoms with Gasteiger partial charge in [-0.15, -0.1) is 0 Å². The number of furan rings is 1. The van der Waals surface area contributed by atoms with Crippen LogP contribution in [0.25, 0.3) is 66.4 Å². The molecule has 0 spiro atoms. The summed E-state index contributed by atoms with van der Waals surface area (Å²) in [4.78, 5) is 23.9. The first-order chi connectivity index (χ1) is 33.9. The minimum absolute atomic E-state index is 0.0754. The largest absolute Gasteiger partial charge is 0.497 e. The molecule has 0 saturated carbocycles. The quantitative estimate of drug-likeness (QED) is 0.0649. The second kappa shape index (κ2) is 20.2. The second-order valence-corrected chi connectivity index (χ2v) is 17.5. The van der Waals surface area contributed by atoms with E-state index >= 15 is 4.39 Å². The highest BCUT2D eigenvalue weighted by Gasteiger charge is 2.22. The van der Waals surface area contributed by atoms with E-state index < -0.39 is 17.8 Å². The molecule has 0 fully saturated rings. The third kappa shape index (κ3) is 9.60. The number of hydrogen-bond acceptors (Lipinski definition) is 8. The van der Waals surface area contributed by atoms with E-state index in [-0.39, 0.29) is 38.6 Å². The Kier molecular flexibility index (Phi) is 13.5. The Balaban J connectivity index is 1.07. The highest BCUT2D eigenvalue weighted by molar-refractivity contribution is 5.97. The highest BCUT2D eigenvalue weighted by atomic mass is 19.1. The molecular weight excluding hydrogens is 886 g/mol. The summed E-state index contributed by atoms with van der Waals surface area (Å²) in [5, 5.41) is 21.3. The number of para-hydroxylation sites is 1. The van der Waals surface area contributed by atoms with Gasteiger partial charge in [-0.2, -0.15) is 0 Å². The van der Waals surface area contributed by atoms with Gasteiger partial charge in [0.05, 0.1) is 26.2 Å². The third-order valence-corrected chi connectivity index (χ3v) is 12.6. The summed E-state index contributed by atoms with van der Waals surface area (Å²) in [5.74, 6) is -1.13. The number of aliphatic carboxylic acids is 2. The first kappa shape index (κ1) is 46.9. The van der Waals surface area contributed by atoms with Gasteiger partial charge >= 0.3 is 11.9 Å². The molecule has 9 aromatic rings. The van der Waals surface area contributed by atoms with Gasteiger partial charge in [0.1, 0.15) is 41.9 Å². The minimum atomic E-state index is -1.00. The Morgan fingerprint density at radius 2 is 1.34 bits per heavy atom. The van der Waals surface area contributed by atoms with Gasteiger partial charge in [0.2, 0.25) is 0 Å². The number of nitrogens with two attached hydrogens (primary N) is 2. The van der Waals surface area contributed by atoms with Crippen LogP contribution in [-0.2, 0) is 48.7 Å². The molecule has 70 heavy (non-hydrogen) atoms. The van der Waals surface area contributed by atoms with Crippen LogP contribution < -0.4 is 25.7 Å². The van der Waals surface area contributed by atoms with Gasteiger partial charge in [0, 0.05) is 81.1 Å². The first-order valence-corrected chi connectivity index (χ1v) is 23.0. The van der Waals surface area contributed by atoms with Crippen molar-refractivity contribution in [2.24, 2.45) is 11.5 Å². The molecular formula is C58H52FN3O8. The van der Waals surface area contributed by atoms with E-state index in [1.165, 1.54) is 7.11 Å². The number of halogens is 1. The Morgan fingerprint density at radius 3 is 2.09 bits per heavy atom. The molecule has 354 valence electrons. The topological polar surface area (TPSA) is 172 Å². The van der Waals surface area contributed by atoms with Gasteiger partial charge in [0.25, 0.3) is 0 Å². The van der Waals surface area contributed by atoms with E-state index in [4.69, 9.17) is 30.1 Å². The van der Waals surface area contributed by atoms with Crippen molar-refractivity contribution in [3.63, 3.8) is 0 Å². The van der Waals surface area contributed by atoms with Crippen molar-refractivity contribution < 1.29 is 42.8 Å². The monoisotopic (exact) mass is 937 g/mol. The zero-order valence-electron chi connectivity index (χ0n) is 39.0. The molecule has 11 nitrogen and oxygen atoms in total. The Hall–Kier alpha value is -8.19. The minimum Gasteiger partial charge on any atom is -0.497 e. The lowest BCUT2D eigenvalue weighted by Crippen LogP contribution is -2.06. The number of ether oxygens (including phenoxy) is 3. The number of methoxy groups -OCH3 is 1. The number of hydrogen-bond donors (Lipinski definition) is 4. The molecule has 0 aliphatic heterocycles. The summed E-state index contributed by atoms with van der Waals surface area (Å²) < 4.78 is 43.7. The zero-order chi connectivity index (χ0) is 49.1. The van der Waals surface area contributed by atoms with Gasteiger partial charge in [-0.25, -0.2) is 4.39 Å². The lowest BCUT2D eigenvalue weighted by atomic mass is 9.90. The molecule has 0 bridgehead atoms. The molecule has 2 heterocycles. The predicted molar refractivity (Wildman–Crippen MR) is 270 cm³/mol. The molecule has 2 aromatic heterocycles. The van der Waals surface area contributed by atoms with Crippen molar-refractivity contribution in [1.29, 1.82) is 0 Å². The summed E-state index contributed by atoms with van der Waals surface area (Å²) in [7, 11) is 1.53. The van der Waals surface area contributed by atoms with Crippen LogP contribution in [0.5, 0.6) is 17.2 Å². The fraction of sp³-hybridized carbons (Fsp3) is 0.172. The molecule has 0 aliphatic carbocycles. The highest BCUT2D eigenvalue weighted by Crippen LogP contribution is 2.41. The fourth-order valence-corrected chi connectivity index (χ4v) is 9.24. The molecule has 0 saturated heterocycles. The van der Waals surface area contributed by atoms with Gasteiger partial charge in [-0.05, 0) is 113 Å². The Bertz CT molecular complexity index is 3430. The van der Waals surface area contributed by atoms with Crippen molar-refractivity contribution in [2.45, 2.75) is 59.0 Å². The third-order valence-electron chi connectivity index (χ3n) is 12.6. The summed E-state index contributed by atoms with van der Waals surface area (Å²) >= 11 is 0. The molecule has 0 aliphatic rings. The van der Waals surface area contributed by atoms with Crippen molar-refractivity contribution in [3.8, 4) is 61.8 Å². The van der Waals surface area contributed by atoms with E-state index in [2.05, 4.69) is 18.4 Å². The summed E-state index contributed by atoms with van der Waals surface area (Å²) in [6, 6.07) is 41.7.